The van der Waals surface area contributed by atoms with E-state index in [1.54, 1.807) is 0 Å². The number of hydrogen-bond donors (Lipinski definition) is 0. The molecule has 0 N–H and O–H groups in total. The van der Waals surface area contributed by atoms with Crippen LogP contribution in [-0.4, -0.2) is 9.97 Å². The molecule has 7 aromatic rings. The summed E-state index contributed by atoms with van der Waals surface area (Å²) >= 11 is 0. The maximum absolute atomic E-state index is 5.22. The highest BCUT2D eigenvalue weighted by molar-refractivity contribution is 5.94. The van der Waals surface area contributed by atoms with Gasteiger partial charge >= 0.3 is 0 Å². The number of fused-ring (bicyclic) bond motifs is 6. The molecule has 1 aliphatic heterocycles. The number of aromatic nitrogens is 2. The zero-order chi connectivity index (χ0) is 38.8. The van der Waals surface area contributed by atoms with E-state index >= 15 is 0 Å². The van der Waals surface area contributed by atoms with Gasteiger partial charge in [0.2, 0.25) is 0 Å². The van der Waals surface area contributed by atoms with Gasteiger partial charge < -0.3 is 4.90 Å². The number of anilines is 2. The van der Waals surface area contributed by atoms with Crippen molar-refractivity contribution >= 4 is 11.4 Å². The van der Waals surface area contributed by atoms with Crippen molar-refractivity contribution in [1.82, 2.24) is 9.97 Å². The van der Waals surface area contributed by atoms with E-state index in [2.05, 4.69) is 207 Å². The zero-order valence-corrected chi connectivity index (χ0v) is 32.8. The van der Waals surface area contributed by atoms with Crippen molar-refractivity contribution in [2.45, 2.75) is 43.9 Å². The second-order valence-electron chi connectivity index (χ2n) is 16.5. The van der Waals surface area contributed by atoms with Crippen molar-refractivity contribution < 1.29 is 0 Å². The topological polar surface area (TPSA) is 29.0 Å². The molecule has 0 radical (unpaired) electrons. The molecule has 278 valence electrons. The molecule has 2 heterocycles. The highest BCUT2D eigenvalue weighted by Gasteiger charge is 2.39. The number of allylic oxidation sites excluding steroid dienone is 8. The van der Waals surface area contributed by atoms with E-state index in [9.17, 15) is 0 Å². The molecule has 3 nitrogen and oxygen atoms in total. The Morgan fingerprint density at radius 3 is 1.93 bits per heavy atom. The van der Waals surface area contributed by atoms with Crippen LogP contribution in [0.3, 0.4) is 0 Å². The van der Waals surface area contributed by atoms with Crippen LogP contribution in [0.2, 0.25) is 0 Å². The fourth-order valence-electron chi connectivity index (χ4n) is 9.88. The third-order valence-electron chi connectivity index (χ3n) is 12.8. The summed E-state index contributed by atoms with van der Waals surface area (Å²) in [7, 11) is 0. The summed E-state index contributed by atoms with van der Waals surface area (Å²) in [5.41, 5.74) is 20.1. The molecule has 1 aromatic heterocycles. The number of para-hydroxylation sites is 1. The molecule has 0 fully saturated rings. The van der Waals surface area contributed by atoms with Gasteiger partial charge in [-0.3, -0.25) is 0 Å². The van der Waals surface area contributed by atoms with E-state index in [1.165, 1.54) is 67.2 Å². The third-order valence-corrected chi connectivity index (χ3v) is 12.8. The Hall–Kier alpha value is -6.84. The van der Waals surface area contributed by atoms with Gasteiger partial charge in [0.15, 0.2) is 0 Å². The molecule has 6 aromatic carbocycles. The fourth-order valence-corrected chi connectivity index (χ4v) is 9.88. The Morgan fingerprint density at radius 2 is 1.19 bits per heavy atom. The van der Waals surface area contributed by atoms with Crippen LogP contribution in [0.1, 0.15) is 61.0 Å². The maximum atomic E-state index is 5.22. The molecule has 2 atom stereocenters. The molecular formula is C55H43N3. The van der Waals surface area contributed by atoms with Gasteiger partial charge in [0.05, 0.1) is 11.4 Å². The van der Waals surface area contributed by atoms with Crippen LogP contribution in [-0.2, 0) is 5.41 Å². The van der Waals surface area contributed by atoms with E-state index in [0.29, 0.717) is 0 Å². The minimum atomic E-state index is -0.0429. The van der Waals surface area contributed by atoms with E-state index in [1.807, 2.05) is 0 Å². The molecule has 0 saturated heterocycles. The lowest BCUT2D eigenvalue weighted by Gasteiger charge is -2.28. The monoisotopic (exact) mass is 745 g/mol. The molecule has 0 amide bonds. The predicted molar refractivity (Wildman–Crippen MR) is 239 cm³/mol. The highest BCUT2D eigenvalue weighted by atomic mass is 15.2. The van der Waals surface area contributed by atoms with Crippen molar-refractivity contribution in [2.75, 3.05) is 4.90 Å². The van der Waals surface area contributed by atoms with Crippen LogP contribution in [0.25, 0.3) is 44.8 Å². The summed E-state index contributed by atoms with van der Waals surface area (Å²) in [6, 6.07) is 57.0. The average Bonchev–Trinajstić information content (AvgIpc) is 3.74. The molecule has 0 bridgehead atoms. The first-order valence-corrected chi connectivity index (χ1v) is 20.5. The Labute approximate surface area is 341 Å². The summed E-state index contributed by atoms with van der Waals surface area (Å²) in [6.45, 7) is 4.73. The number of benzene rings is 6. The molecular weight excluding hydrogens is 703 g/mol. The minimum Gasteiger partial charge on any atom is -0.313 e. The lowest BCUT2D eigenvalue weighted by atomic mass is 9.80. The number of hydrogen-bond acceptors (Lipinski definition) is 3. The summed E-state index contributed by atoms with van der Waals surface area (Å²) in [5.74, 6) is 1.15. The molecule has 0 spiro atoms. The smallest absolute Gasteiger partial charge is 0.136 e. The first-order chi connectivity index (χ1) is 28.5. The van der Waals surface area contributed by atoms with Gasteiger partial charge in [-0.25, -0.2) is 9.97 Å². The van der Waals surface area contributed by atoms with Crippen LogP contribution in [0.15, 0.2) is 205 Å². The van der Waals surface area contributed by atoms with E-state index < -0.39 is 0 Å². The van der Waals surface area contributed by atoms with E-state index in [-0.39, 0.29) is 17.3 Å². The second-order valence-corrected chi connectivity index (χ2v) is 16.5. The van der Waals surface area contributed by atoms with Crippen molar-refractivity contribution in [3.8, 4) is 44.8 Å². The first kappa shape index (κ1) is 34.4. The van der Waals surface area contributed by atoms with Gasteiger partial charge in [0.1, 0.15) is 5.82 Å². The van der Waals surface area contributed by atoms with Gasteiger partial charge in [-0.1, -0.05) is 166 Å². The fraction of sp³-hybridized carbons (Fsp3) is 0.127. The van der Waals surface area contributed by atoms with Crippen LogP contribution in [0.4, 0.5) is 11.4 Å². The normalized spacial score (nSPS) is 18.4. The summed E-state index contributed by atoms with van der Waals surface area (Å²) in [4.78, 5) is 12.9. The van der Waals surface area contributed by atoms with Crippen molar-refractivity contribution in [3.63, 3.8) is 0 Å². The molecule has 11 rings (SSSR count). The molecule has 4 aliphatic rings. The number of nitrogens with zero attached hydrogens (tertiary/aromatic N) is 3. The van der Waals surface area contributed by atoms with E-state index in [4.69, 9.17) is 9.97 Å². The van der Waals surface area contributed by atoms with Gasteiger partial charge in [-0.2, -0.15) is 0 Å². The SMILES string of the molecule is CC1(C)c2ccccc2-c2c(-c3ccc4c(c3)C3CC(C5=CC=CC(c6nc(-c7ccccc7)cc(-c7ccccc7)n6)C5)=CC=C3N4c3ccccc3)cccc21. The number of rotatable bonds is 6. The van der Waals surface area contributed by atoms with Crippen molar-refractivity contribution in [2.24, 2.45) is 0 Å². The van der Waals surface area contributed by atoms with Crippen LogP contribution in [0, 0.1) is 0 Å². The molecule has 3 heteroatoms. The van der Waals surface area contributed by atoms with Gasteiger partial charge in [0, 0.05) is 45.4 Å². The molecule has 0 saturated carbocycles. The zero-order valence-electron chi connectivity index (χ0n) is 32.8. The van der Waals surface area contributed by atoms with E-state index in [0.717, 1.165) is 41.2 Å². The Morgan fingerprint density at radius 1 is 0.552 bits per heavy atom. The quantitative estimate of drug-likeness (QED) is 0.170. The minimum absolute atomic E-state index is 0.0429. The molecule has 3 aliphatic carbocycles. The summed E-state index contributed by atoms with van der Waals surface area (Å²) in [6.07, 6.45) is 13.3. The molecule has 58 heavy (non-hydrogen) atoms. The van der Waals surface area contributed by atoms with Crippen molar-refractivity contribution in [1.29, 1.82) is 0 Å². The highest BCUT2D eigenvalue weighted by Crippen LogP contribution is 2.56. The molecule has 2 unspecified atom stereocenters. The van der Waals surface area contributed by atoms with Crippen molar-refractivity contribution in [3.05, 3.63) is 227 Å². The Bertz CT molecular complexity index is 2800. The average molecular weight is 746 g/mol. The maximum Gasteiger partial charge on any atom is 0.136 e. The Kier molecular flexibility index (Phi) is 8.11. The van der Waals surface area contributed by atoms with Crippen LogP contribution < -0.4 is 4.90 Å². The Balaban J connectivity index is 0.963. The first-order valence-electron chi connectivity index (χ1n) is 20.5. The summed E-state index contributed by atoms with van der Waals surface area (Å²) < 4.78 is 0. The van der Waals surface area contributed by atoms with Gasteiger partial charge in [-0.15, -0.1) is 0 Å². The third kappa shape index (κ3) is 5.64. The largest absolute Gasteiger partial charge is 0.313 e. The summed E-state index contributed by atoms with van der Waals surface area (Å²) in [5, 5.41) is 0. The lowest BCUT2D eigenvalue weighted by molar-refractivity contribution is 0.660. The van der Waals surface area contributed by atoms with Gasteiger partial charge in [0.25, 0.3) is 0 Å². The van der Waals surface area contributed by atoms with Crippen LogP contribution in [0.5, 0.6) is 0 Å². The van der Waals surface area contributed by atoms with Gasteiger partial charge in [-0.05, 0) is 99.3 Å². The predicted octanol–water partition coefficient (Wildman–Crippen LogP) is 13.9. The van der Waals surface area contributed by atoms with Crippen LogP contribution >= 0.6 is 0 Å². The second kappa shape index (κ2) is 13.7. The lowest BCUT2D eigenvalue weighted by Crippen LogP contribution is -2.16. The standard InChI is InChI=1S/C55H43N3/c1-55(2)47-26-13-12-24-44(47)53-43(25-15-27-48(53)55)40-29-31-52-46(34-40)45-33-39(28-30-51(45)58(52)42-22-10-5-11-23-42)38-20-14-21-41(32-38)54-56-49(36-16-6-3-7-17-36)35-50(57-54)37-18-8-4-9-19-37/h3-31,34-35,41,45H,32-33H2,1-2H3.